The first-order chi connectivity index (χ1) is 7.97. The molecule has 98 valence electrons. The molecule has 17 heavy (non-hydrogen) atoms. The monoisotopic (exact) mass is 253 g/mol. The number of nitrogens with zero attached hydrogens (tertiary/aromatic N) is 1. The predicted molar refractivity (Wildman–Crippen MR) is 55.2 cm³/mol. The molecule has 0 fully saturated rings. The fraction of sp³-hybridized carbons (Fsp3) is 0.727. The molecule has 0 aliphatic carbocycles. The minimum Gasteiger partial charge on any atom is -0.248 e. The number of aryl methyl sites for hydroxylation is 2. The number of imidazole rings is 1. The van der Waals surface area contributed by atoms with Gasteiger partial charge in [-0.05, 0) is 12.8 Å². The van der Waals surface area contributed by atoms with E-state index >= 15 is 0 Å². The lowest BCUT2D eigenvalue weighted by Gasteiger charge is -2.13. The van der Waals surface area contributed by atoms with Gasteiger partial charge in [0, 0.05) is 12.8 Å². The maximum atomic E-state index is 12.7. The van der Waals surface area contributed by atoms with E-state index in [0.29, 0.717) is 6.42 Å². The molecular formula is C11H17F4N2+. The molecule has 0 radical (unpaired) electrons. The zero-order chi connectivity index (χ0) is 12.9. The maximum Gasteiger partial charge on any atom is 0.307 e. The minimum atomic E-state index is -3.87. The fourth-order valence-electron chi connectivity index (χ4n) is 1.66. The van der Waals surface area contributed by atoms with Gasteiger partial charge in [-0.15, -0.1) is 0 Å². The molecule has 0 unspecified atom stereocenters. The van der Waals surface area contributed by atoms with E-state index in [-0.39, 0.29) is 6.42 Å². The lowest BCUT2D eigenvalue weighted by atomic mass is 10.1. The van der Waals surface area contributed by atoms with Gasteiger partial charge in [-0.1, -0.05) is 6.92 Å². The van der Waals surface area contributed by atoms with E-state index in [9.17, 15) is 17.6 Å². The number of halogens is 4. The second-order valence-electron chi connectivity index (χ2n) is 4.02. The molecule has 0 spiro atoms. The number of alkyl halides is 4. The molecule has 1 N–H and O–H groups in total. The standard InChI is InChI=1S/C11H16F4N2/c1-2-7-17-8-6-16-9(17)4-3-5-11(14,15)10(12)13/h6,8,10H,2-5,7H2,1H3/p+1. The zero-order valence-corrected chi connectivity index (χ0v) is 9.73. The largest absolute Gasteiger partial charge is 0.307 e. The van der Waals surface area contributed by atoms with Gasteiger partial charge in [0.05, 0.1) is 6.54 Å². The van der Waals surface area contributed by atoms with E-state index in [4.69, 9.17) is 0 Å². The highest BCUT2D eigenvalue weighted by Crippen LogP contribution is 2.28. The van der Waals surface area contributed by atoms with Crippen LogP contribution in [0.3, 0.4) is 0 Å². The van der Waals surface area contributed by atoms with E-state index in [1.54, 1.807) is 6.20 Å². The van der Waals surface area contributed by atoms with Crippen molar-refractivity contribution in [2.24, 2.45) is 0 Å². The third-order valence-electron chi connectivity index (χ3n) is 2.56. The molecule has 1 rings (SSSR count). The van der Waals surface area contributed by atoms with Crippen LogP contribution in [0.2, 0.25) is 0 Å². The van der Waals surface area contributed by atoms with Crippen molar-refractivity contribution in [3.63, 3.8) is 0 Å². The van der Waals surface area contributed by atoms with Crippen LogP contribution in [0.5, 0.6) is 0 Å². The van der Waals surface area contributed by atoms with E-state index in [2.05, 4.69) is 4.98 Å². The van der Waals surface area contributed by atoms with Gasteiger partial charge in [0.25, 0.3) is 5.82 Å². The molecule has 0 atom stereocenters. The minimum absolute atomic E-state index is 0.0432. The zero-order valence-electron chi connectivity index (χ0n) is 9.73. The second-order valence-corrected chi connectivity index (χ2v) is 4.02. The van der Waals surface area contributed by atoms with Crippen LogP contribution in [-0.4, -0.2) is 17.3 Å². The summed E-state index contributed by atoms with van der Waals surface area (Å²) in [6, 6.07) is 0. The molecule has 0 aliphatic rings. The number of rotatable bonds is 7. The molecule has 1 heterocycles. The van der Waals surface area contributed by atoms with Gasteiger partial charge in [-0.2, -0.15) is 0 Å². The summed E-state index contributed by atoms with van der Waals surface area (Å²) in [7, 11) is 0. The highest BCUT2D eigenvalue weighted by atomic mass is 19.3. The van der Waals surface area contributed by atoms with Crippen molar-refractivity contribution in [1.82, 2.24) is 4.98 Å². The Bertz CT molecular complexity index is 336. The van der Waals surface area contributed by atoms with Crippen LogP contribution >= 0.6 is 0 Å². The molecule has 0 aliphatic heterocycles. The molecule has 2 nitrogen and oxygen atoms in total. The van der Waals surface area contributed by atoms with Crippen LogP contribution in [0.4, 0.5) is 17.6 Å². The van der Waals surface area contributed by atoms with Crippen molar-refractivity contribution in [1.29, 1.82) is 0 Å². The first kappa shape index (κ1) is 14.0. The summed E-state index contributed by atoms with van der Waals surface area (Å²) >= 11 is 0. The Morgan fingerprint density at radius 2 is 2.12 bits per heavy atom. The van der Waals surface area contributed by atoms with Crippen LogP contribution in [0, 0.1) is 0 Å². The van der Waals surface area contributed by atoms with Crippen molar-refractivity contribution in [3.8, 4) is 0 Å². The second kappa shape index (κ2) is 6.02. The molecule has 0 amide bonds. The molecule has 0 bridgehead atoms. The molecule has 0 saturated carbocycles. The van der Waals surface area contributed by atoms with Crippen LogP contribution in [0.1, 0.15) is 32.0 Å². The normalized spacial score (nSPS) is 12.4. The van der Waals surface area contributed by atoms with E-state index in [1.807, 2.05) is 17.7 Å². The van der Waals surface area contributed by atoms with Crippen molar-refractivity contribution >= 4 is 0 Å². The average molecular weight is 253 g/mol. The van der Waals surface area contributed by atoms with Gasteiger partial charge in [0.15, 0.2) is 0 Å². The highest BCUT2D eigenvalue weighted by Gasteiger charge is 2.39. The summed E-state index contributed by atoms with van der Waals surface area (Å²) in [4.78, 5) is 2.94. The predicted octanol–water partition coefficient (Wildman–Crippen LogP) is 2.94. The highest BCUT2D eigenvalue weighted by molar-refractivity contribution is 4.79. The van der Waals surface area contributed by atoms with Crippen LogP contribution in [0.15, 0.2) is 12.4 Å². The van der Waals surface area contributed by atoms with Crippen molar-refractivity contribution in [2.75, 3.05) is 0 Å². The van der Waals surface area contributed by atoms with Crippen molar-refractivity contribution in [2.45, 2.75) is 51.5 Å². The van der Waals surface area contributed by atoms with Crippen LogP contribution < -0.4 is 4.57 Å². The Balaban J connectivity index is 2.43. The molecular weight excluding hydrogens is 236 g/mol. The molecule has 0 saturated heterocycles. The van der Waals surface area contributed by atoms with Gasteiger partial charge < -0.3 is 0 Å². The Labute approximate surface area is 97.7 Å². The van der Waals surface area contributed by atoms with Gasteiger partial charge in [-0.3, -0.25) is 0 Å². The van der Waals surface area contributed by atoms with Crippen molar-refractivity contribution < 1.29 is 22.1 Å². The van der Waals surface area contributed by atoms with Gasteiger partial charge in [-0.25, -0.2) is 27.1 Å². The third-order valence-corrected chi connectivity index (χ3v) is 2.56. The topological polar surface area (TPSA) is 19.7 Å². The van der Waals surface area contributed by atoms with Gasteiger partial charge in [0.2, 0.25) is 0 Å². The number of aromatic amines is 1. The molecule has 6 heteroatoms. The first-order valence-corrected chi connectivity index (χ1v) is 5.69. The maximum absolute atomic E-state index is 12.7. The smallest absolute Gasteiger partial charge is 0.248 e. The Hall–Kier alpha value is -1.07. The lowest BCUT2D eigenvalue weighted by Crippen LogP contribution is -2.36. The number of hydrogen-bond donors (Lipinski definition) is 1. The van der Waals surface area contributed by atoms with Crippen molar-refractivity contribution in [3.05, 3.63) is 18.2 Å². The van der Waals surface area contributed by atoms with E-state index in [0.717, 1.165) is 18.8 Å². The van der Waals surface area contributed by atoms with Crippen LogP contribution in [0.25, 0.3) is 0 Å². The molecule has 1 aromatic heterocycles. The number of nitrogens with one attached hydrogen (secondary N) is 1. The summed E-state index contributed by atoms with van der Waals surface area (Å²) in [5.41, 5.74) is 0. The summed E-state index contributed by atoms with van der Waals surface area (Å²) in [5, 5.41) is 0. The number of H-pyrrole nitrogens is 1. The molecule has 1 aromatic rings. The van der Waals surface area contributed by atoms with Gasteiger partial charge >= 0.3 is 12.3 Å². The van der Waals surface area contributed by atoms with E-state index in [1.165, 1.54) is 0 Å². The summed E-state index contributed by atoms with van der Waals surface area (Å²) in [5.74, 6) is -3.07. The summed E-state index contributed by atoms with van der Waals surface area (Å²) in [6.07, 6.45) is 0.518. The third kappa shape index (κ3) is 4.02. The average Bonchev–Trinajstić information content (AvgIpc) is 2.66. The lowest BCUT2D eigenvalue weighted by molar-refractivity contribution is -0.702. The van der Waals surface area contributed by atoms with Gasteiger partial charge in [0.1, 0.15) is 12.4 Å². The quantitative estimate of drug-likeness (QED) is 0.569. The Morgan fingerprint density at radius 3 is 2.71 bits per heavy atom. The first-order valence-electron chi connectivity index (χ1n) is 5.69. The summed E-state index contributed by atoms with van der Waals surface area (Å²) < 4.78 is 51.1. The Kier molecular flexibility index (Phi) is 4.96. The number of hydrogen-bond acceptors (Lipinski definition) is 0. The number of aromatic nitrogens is 2. The SMILES string of the molecule is CCC[n+]1cc[nH]c1CCCC(F)(F)C(F)F. The van der Waals surface area contributed by atoms with E-state index < -0.39 is 18.8 Å². The summed E-state index contributed by atoms with van der Waals surface area (Å²) in [6.45, 7) is 2.80. The van der Waals surface area contributed by atoms with Crippen LogP contribution in [-0.2, 0) is 13.0 Å². The molecule has 0 aromatic carbocycles. The Morgan fingerprint density at radius 1 is 1.41 bits per heavy atom. The fourth-order valence-corrected chi connectivity index (χ4v) is 1.66.